The number of nitrogens with one attached hydrogen (secondary N) is 1. The fraction of sp³-hybridized carbons (Fsp3) is 0.312. The Balaban J connectivity index is 1.90. The highest BCUT2D eigenvalue weighted by Crippen LogP contribution is 2.27. The first-order valence-corrected chi connectivity index (χ1v) is 9.05. The highest BCUT2D eigenvalue weighted by molar-refractivity contribution is 7.20. The van der Waals surface area contributed by atoms with Gasteiger partial charge < -0.3 is 9.72 Å². The van der Waals surface area contributed by atoms with Crippen molar-refractivity contribution in [3.05, 3.63) is 49.0 Å². The predicted molar refractivity (Wildman–Crippen MR) is 95.8 cm³/mol. The summed E-state index contributed by atoms with van der Waals surface area (Å²) in [6.45, 7) is 3.04. The largest absolute Gasteiger partial charge is 0.465 e. The number of methoxy groups -OCH3 is 1. The maximum Gasteiger partial charge on any atom is 0.348 e. The number of rotatable bonds is 5. The van der Waals surface area contributed by atoms with Gasteiger partial charge in [-0.2, -0.15) is 11.3 Å². The molecule has 24 heavy (non-hydrogen) atoms. The van der Waals surface area contributed by atoms with Crippen molar-refractivity contribution in [1.82, 2.24) is 14.9 Å². The first-order chi connectivity index (χ1) is 11.5. The van der Waals surface area contributed by atoms with E-state index >= 15 is 0 Å². The van der Waals surface area contributed by atoms with Crippen molar-refractivity contribution in [2.75, 3.05) is 14.2 Å². The van der Waals surface area contributed by atoms with Crippen molar-refractivity contribution in [2.24, 2.45) is 0 Å². The zero-order valence-corrected chi connectivity index (χ0v) is 15.2. The Hall–Kier alpha value is -2.03. The summed E-state index contributed by atoms with van der Waals surface area (Å²) >= 11 is 2.85. The summed E-state index contributed by atoms with van der Waals surface area (Å²) in [7, 11) is 3.30. The quantitative estimate of drug-likeness (QED) is 0.706. The molecule has 0 aliphatic carbocycles. The molecular formula is C16H17N3O3S2. The summed E-state index contributed by atoms with van der Waals surface area (Å²) in [6, 6.07) is 2.08. The summed E-state index contributed by atoms with van der Waals surface area (Å²) in [5.74, 6) is 0.147. The fourth-order valence-electron chi connectivity index (χ4n) is 2.56. The van der Waals surface area contributed by atoms with Gasteiger partial charge in [-0.1, -0.05) is 0 Å². The summed E-state index contributed by atoms with van der Waals surface area (Å²) in [5, 5.41) is 4.60. The van der Waals surface area contributed by atoms with Crippen LogP contribution in [0.3, 0.4) is 0 Å². The normalized spacial score (nSPS) is 11.3. The topological polar surface area (TPSA) is 75.3 Å². The van der Waals surface area contributed by atoms with Gasteiger partial charge in [0.1, 0.15) is 15.5 Å². The van der Waals surface area contributed by atoms with Gasteiger partial charge in [0.25, 0.3) is 5.56 Å². The van der Waals surface area contributed by atoms with Crippen LogP contribution in [0.15, 0.2) is 21.6 Å². The van der Waals surface area contributed by atoms with Crippen molar-refractivity contribution >= 4 is 38.9 Å². The van der Waals surface area contributed by atoms with Crippen LogP contribution in [0.1, 0.15) is 26.6 Å². The standard InChI is InChI=1S/C16H17N3O3S2/c1-9-12-14(20)17-11(7-19(2)6-10-4-5-23-8-10)18-15(12)24-13(9)16(21)22-3/h4-5,8H,6-7H2,1-3H3,(H,17,18,20). The van der Waals surface area contributed by atoms with E-state index in [0.29, 0.717) is 33.0 Å². The maximum absolute atomic E-state index is 12.4. The number of aromatic amines is 1. The molecule has 3 aromatic rings. The summed E-state index contributed by atoms with van der Waals surface area (Å²) in [4.78, 5) is 34.6. The van der Waals surface area contributed by atoms with Crippen LogP contribution in [0.25, 0.3) is 10.2 Å². The number of carbonyl (C=O) groups is 1. The molecule has 0 spiro atoms. The van der Waals surface area contributed by atoms with E-state index in [1.807, 2.05) is 12.4 Å². The predicted octanol–water partition coefficient (Wildman–Crippen LogP) is 2.77. The molecule has 0 amide bonds. The number of hydrogen-bond acceptors (Lipinski definition) is 7. The van der Waals surface area contributed by atoms with E-state index in [2.05, 4.69) is 26.3 Å². The molecule has 0 saturated heterocycles. The van der Waals surface area contributed by atoms with Crippen LogP contribution in [0.2, 0.25) is 0 Å². The van der Waals surface area contributed by atoms with Crippen LogP contribution < -0.4 is 5.56 Å². The zero-order valence-electron chi connectivity index (χ0n) is 13.6. The lowest BCUT2D eigenvalue weighted by Gasteiger charge is -2.14. The number of H-pyrrole nitrogens is 1. The molecule has 0 aliphatic heterocycles. The molecule has 0 saturated carbocycles. The van der Waals surface area contributed by atoms with Crippen molar-refractivity contribution in [1.29, 1.82) is 0 Å². The molecule has 0 fully saturated rings. The molecule has 3 rings (SSSR count). The summed E-state index contributed by atoms with van der Waals surface area (Å²) in [5.41, 5.74) is 1.63. The number of thiophene rings is 2. The van der Waals surface area contributed by atoms with Gasteiger partial charge in [0.15, 0.2) is 0 Å². The van der Waals surface area contributed by atoms with Crippen molar-refractivity contribution in [3.63, 3.8) is 0 Å². The minimum atomic E-state index is -0.439. The molecule has 8 heteroatoms. The molecule has 3 aromatic heterocycles. The summed E-state index contributed by atoms with van der Waals surface area (Å²) < 4.78 is 4.76. The van der Waals surface area contributed by atoms with E-state index in [1.54, 1.807) is 18.3 Å². The van der Waals surface area contributed by atoms with E-state index in [9.17, 15) is 9.59 Å². The third-order valence-electron chi connectivity index (χ3n) is 3.67. The Morgan fingerprint density at radius 2 is 2.21 bits per heavy atom. The van der Waals surface area contributed by atoms with Gasteiger partial charge in [-0.15, -0.1) is 11.3 Å². The molecular weight excluding hydrogens is 346 g/mol. The molecule has 126 valence electrons. The average Bonchev–Trinajstić information content (AvgIpc) is 3.14. The molecule has 0 bridgehead atoms. The monoisotopic (exact) mass is 363 g/mol. The Labute approximate surface area is 146 Å². The van der Waals surface area contributed by atoms with Crippen LogP contribution in [-0.2, 0) is 17.8 Å². The minimum absolute atomic E-state index is 0.220. The average molecular weight is 363 g/mol. The molecule has 3 heterocycles. The van der Waals surface area contributed by atoms with Gasteiger partial charge in [-0.25, -0.2) is 9.78 Å². The van der Waals surface area contributed by atoms with Crippen molar-refractivity contribution in [2.45, 2.75) is 20.0 Å². The Morgan fingerprint density at radius 3 is 2.88 bits per heavy atom. The molecule has 0 aromatic carbocycles. The molecule has 0 radical (unpaired) electrons. The number of aromatic nitrogens is 2. The molecule has 0 unspecified atom stereocenters. The Morgan fingerprint density at radius 1 is 1.42 bits per heavy atom. The number of ether oxygens (including phenoxy) is 1. The second kappa shape index (κ2) is 6.84. The first kappa shape index (κ1) is 16.8. The SMILES string of the molecule is COC(=O)c1sc2nc(CN(C)Cc3ccsc3)[nH]c(=O)c2c1C. The van der Waals surface area contributed by atoms with Crippen LogP contribution in [-0.4, -0.2) is 35.0 Å². The van der Waals surface area contributed by atoms with Crippen LogP contribution in [0.5, 0.6) is 0 Å². The van der Waals surface area contributed by atoms with E-state index in [1.165, 1.54) is 24.0 Å². The lowest BCUT2D eigenvalue weighted by Crippen LogP contribution is -2.21. The van der Waals surface area contributed by atoms with Gasteiger partial charge in [0, 0.05) is 6.54 Å². The van der Waals surface area contributed by atoms with Crippen molar-refractivity contribution in [3.8, 4) is 0 Å². The number of fused-ring (bicyclic) bond motifs is 1. The fourth-order valence-corrected chi connectivity index (χ4v) is 4.34. The summed E-state index contributed by atoms with van der Waals surface area (Å²) in [6.07, 6.45) is 0. The number of hydrogen-bond donors (Lipinski definition) is 1. The van der Waals surface area contributed by atoms with E-state index in [4.69, 9.17) is 4.74 Å². The minimum Gasteiger partial charge on any atom is -0.465 e. The van der Waals surface area contributed by atoms with E-state index < -0.39 is 5.97 Å². The van der Waals surface area contributed by atoms with Gasteiger partial charge in [0.05, 0.1) is 19.0 Å². The molecule has 0 atom stereocenters. The second-order valence-corrected chi connectivity index (χ2v) is 7.32. The van der Waals surface area contributed by atoms with Crippen LogP contribution >= 0.6 is 22.7 Å². The van der Waals surface area contributed by atoms with E-state index in [-0.39, 0.29) is 5.56 Å². The second-order valence-electron chi connectivity index (χ2n) is 5.54. The molecule has 1 N–H and O–H groups in total. The lowest BCUT2D eigenvalue weighted by molar-refractivity contribution is 0.0605. The van der Waals surface area contributed by atoms with Crippen molar-refractivity contribution < 1.29 is 9.53 Å². The first-order valence-electron chi connectivity index (χ1n) is 7.29. The Kier molecular flexibility index (Phi) is 4.79. The van der Waals surface area contributed by atoms with Gasteiger partial charge in [-0.05, 0) is 41.9 Å². The number of esters is 1. The number of aryl methyl sites for hydroxylation is 1. The molecule has 6 nitrogen and oxygen atoms in total. The maximum atomic E-state index is 12.4. The van der Waals surface area contributed by atoms with Crippen LogP contribution in [0.4, 0.5) is 0 Å². The smallest absolute Gasteiger partial charge is 0.348 e. The third kappa shape index (κ3) is 3.26. The third-order valence-corrected chi connectivity index (χ3v) is 5.57. The molecule has 0 aliphatic rings. The Bertz CT molecular complexity index is 928. The number of nitrogens with zero attached hydrogens (tertiary/aromatic N) is 2. The van der Waals surface area contributed by atoms with Gasteiger partial charge in [0.2, 0.25) is 0 Å². The van der Waals surface area contributed by atoms with Crippen LogP contribution in [0, 0.1) is 6.92 Å². The highest BCUT2D eigenvalue weighted by Gasteiger charge is 2.19. The number of carbonyl (C=O) groups excluding carboxylic acids is 1. The highest BCUT2D eigenvalue weighted by atomic mass is 32.1. The zero-order chi connectivity index (χ0) is 17.3. The van der Waals surface area contributed by atoms with Gasteiger partial charge in [-0.3, -0.25) is 9.69 Å². The van der Waals surface area contributed by atoms with E-state index in [0.717, 1.165) is 6.54 Å². The van der Waals surface area contributed by atoms with Gasteiger partial charge >= 0.3 is 5.97 Å². The lowest BCUT2D eigenvalue weighted by atomic mass is 10.2.